The van der Waals surface area contributed by atoms with Gasteiger partial charge in [0.1, 0.15) is 0 Å². The van der Waals surface area contributed by atoms with E-state index in [-0.39, 0.29) is 0 Å². The van der Waals surface area contributed by atoms with Crippen LogP contribution in [0.2, 0.25) is 0 Å². The molecule has 0 heterocycles. The molecule has 3 unspecified atom stereocenters. The molecule has 3 atom stereocenters. The van der Waals surface area contributed by atoms with Gasteiger partial charge in [0.25, 0.3) is 0 Å². The van der Waals surface area contributed by atoms with E-state index >= 15 is 0 Å². The molecule has 1 saturated carbocycles. The normalized spacial score (nSPS) is 41.1. The quantitative estimate of drug-likeness (QED) is 0.590. The number of hydrogen-bond donors (Lipinski definition) is 0. The first-order valence-corrected chi connectivity index (χ1v) is 5.99. The molecule has 0 saturated heterocycles. The predicted octanol–water partition coefficient (Wildman–Crippen LogP) is 4.49. The van der Waals surface area contributed by atoms with Crippen LogP contribution in [0, 0.1) is 23.2 Å². The molecule has 13 heavy (non-hydrogen) atoms. The van der Waals surface area contributed by atoms with Crippen LogP contribution in [-0.2, 0) is 0 Å². The lowest BCUT2D eigenvalue weighted by atomic mass is 9.62. The topological polar surface area (TPSA) is 0 Å². The standard InChI is InChI=1S/C13H26/c1-6-12-7-8-13(5,10(2)3)9-11(12)4/h10-12H,6-9H2,1-5H3. The van der Waals surface area contributed by atoms with E-state index in [0.717, 1.165) is 17.8 Å². The molecule has 0 radical (unpaired) electrons. The molecule has 1 aliphatic rings. The van der Waals surface area contributed by atoms with Gasteiger partial charge in [-0.1, -0.05) is 41.0 Å². The van der Waals surface area contributed by atoms with Gasteiger partial charge in [-0.15, -0.1) is 0 Å². The van der Waals surface area contributed by atoms with Crippen molar-refractivity contribution in [2.75, 3.05) is 0 Å². The van der Waals surface area contributed by atoms with Gasteiger partial charge in [-0.25, -0.2) is 0 Å². The van der Waals surface area contributed by atoms with Gasteiger partial charge in [0, 0.05) is 0 Å². The molecule has 0 bridgehead atoms. The van der Waals surface area contributed by atoms with Crippen LogP contribution in [0.1, 0.15) is 60.3 Å². The summed E-state index contributed by atoms with van der Waals surface area (Å²) in [6.07, 6.45) is 5.75. The van der Waals surface area contributed by atoms with Crippen LogP contribution in [0.4, 0.5) is 0 Å². The number of hydrogen-bond acceptors (Lipinski definition) is 0. The zero-order chi connectivity index (χ0) is 10.1. The van der Waals surface area contributed by atoms with E-state index in [4.69, 9.17) is 0 Å². The van der Waals surface area contributed by atoms with Crippen molar-refractivity contribution in [3.05, 3.63) is 0 Å². The van der Waals surface area contributed by atoms with Crippen LogP contribution in [0.3, 0.4) is 0 Å². The third-order valence-electron chi connectivity index (χ3n) is 4.60. The lowest BCUT2D eigenvalue weighted by Crippen LogP contribution is -2.34. The Hall–Kier alpha value is 0. The summed E-state index contributed by atoms with van der Waals surface area (Å²) in [5.41, 5.74) is 0.630. The van der Waals surface area contributed by atoms with E-state index in [1.165, 1.54) is 25.7 Å². The van der Waals surface area contributed by atoms with E-state index in [9.17, 15) is 0 Å². The lowest BCUT2D eigenvalue weighted by Gasteiger charge is -2.44. The van der Waals surface area contributed by atoms with Gasteiger partial charge in [0.15, 0.2) is 0 Å². The van der Waals surface area contributed by atoms with Crippen LogP contribution in [-0.4, -0.2) is 0 Å². The highest BCUT2D eigenvalue weighted by Crippen LogP contribution is 2.47. The average molecular weight is 182 g/mol. The van der Waals surface area contributed by atoms with Crippen molar-refractivity contribution < 1.29 is 0 Å². The molecule has 0 aromatic rings. The fraction of sp³-hybridized carbons (Fsp3) is 1.00. The van der Waals surface area contributed by atoms with Crippen LogP contribution in [0.15, 0.2) is 0 Å². The third kappa shape index (κ3) is 2.27. The van der Waals surface area contributed by atoms with E-state index in [0.29, 0.717) is 5.41 Å². The van der Waals surface area contributed by atoms with E-state index in [1.54, 1.807) is 0 Å². The van der Waals surface area contributed by atoms with Crippen molar-refractivity contribution in [1.82, 2.24) is 0 Å². The SMILES string of the molecule is CCC1CCC(C)(C(C)C)CC1C. The second kappa shape index (κ2) is 4.02. The summed E-state index contributed by atoms with van der Waals surface area (Å²) in [6, 6.07) is 0. The lowest BCUT2D eigenvalue weighted by molar-refractivity contribution is 0.0671. The van der Waals surface area contributed by atoms with Gasteiger partial charge >= 0.3 is 0 Å². The summed E-state index contributed by atoms with van der Waals surface area (Å²) >= 11 is 0. The highest BCUT2D eigenvalue weighted by molar-refractivity contribution is 4.87. The Morgan fingerprint density at radius 1 is 1.38 bits per heavy atom. The first-order valence-electron chi connectivity index (χ1n) is 5.99. The summed E-state index contributed by atoms with van der Waals surface area (Å²) in [4.78, 5) is 0. The summed E-state index contributed by atoms with van der Waals surface area (Å²) in [6.45, 7) is 12.1. The summed E-state index contributed by atoms with van der Waals surface area (Å²) < 4.78 is 0. The van der Waals surface area contributed by atoms with Crippen LogP contribution in [0.25, 0.3) is 0 Å². The molecule has 0 amide bonds. The van der Waals surface area contributed by atoms with Crippen LogP contribution >= 0.6 is 0 Å². The van der Waals surface area contributed by atoms with Crippen molar-refractivity contribution in [1.29, 1.82) is 0 Å². The highest BCUT2D eigenvalue weighted by Gasteiger charge is 2.36. The second-order valence-corrected chi connectivity index (χ2v) is 5.70. The molecular weight excluding hydrogens is 156 g/mol. The molecule has 0 heteroatoms. The molecule has 0 aliphatic heterocycles. The Labute approximate surface area is 84.1 Å². The molecule has 78 valence electrons. The van der Waals surface area contributed by atoms with Gasteiger partial charge in [-0.2, -0.15) is 0 Å². The first kappa shape index (κ1) is 11.1. The maximum atomic E-state index is 2.49. The van der Waals surface area contributed by atoms with E-state index in [1.807, 2.05) is 0 Å². The van der Waals surface area contributed by atoms with E-state index in [2.05, 4.69) is 34.6 Å². The minimum absolute atomic E-state index is 0.630. The molecule has 0 nitrogen and oxygen atoms in total. The zero-order valence-electron chi connectivity index (χ0n) is 10.1. The van der Waals surface area contributed by atoms with E-state index < -0.39 is 0 Å². The van der Waals surface area contributed by atoms with Crippen LogP contribution < -0.4 is 0 Å². The maximum Gasteiger partial charge on any atom is -0.0300 e. The summed E-state index contributed by atoms with van der Waals surface area (Å²) in [7, 11) is 0. The third-order valence-corrected chi connectivity index (χ3v) is 4.60. The van der Waals surface area contributed by atoms with Gasteiger partial charge < -0.3 is 0 Å². The molecule has 0 aromatic carbocycles. The largest absolute Gasteiger partial charge is 0.0651 e. The molecule has 0 aromatic heterocycles. The van der Waals surface area contributed by atoms with Crippen LogP contribution in [0.5, 0.6) is 0 Å². The molecule has 0 spiro atoms. The molecule has 1 fully saturated rings. The van der Waals surface area contributed by atoms with Gasteiger partial charge in [0.2, 0.25) is 0 Å². The average Bonchev–Trinajstić information content (AvgIpc) is 2.04. The minimum Gasteiger partial charge on any atom is -0.0651 e. The molecule has 0 N–H and O–H groups in total. The second-order valence-electron chi connectivity index (χ2n) is 5.70. The smallest absolute Gasteiger partial charge is 0.0300 e. The Morgan fingerprint density at radius 3 is 2.38 bits per heavy atom. The highest BCUT2D eigenvalue weighted by atomic mass is 14.4. The van der Waals surface area contributed by atoms with Gasteiger partial charge in [0.05, 0.1) is 0 Å². The van der Waals surface area contributed by atoms with Crippen molar-refractivity contribution in [2.24, 2.45) is 23.2 Å². The van der Waals surface area contributed by atoms with Crippen molar-refractivity contribution in [2.45, 2.75) is 60.3 Å². The first-order chi connectivity index (χ1) is 5.99. The Balaban J connectivity index is 2.59. The Bertz CT molecular complexity index is 159. The summed E-state index contributed by atoms with van der Waals surface area (Å²) in [5.74, 6) is 2.81. The van der Waals surface area contributed by atoms with Gasteiger partial charge in [-0.3, -0.25) is 0 Å². The Morgan fingerprint density at radius 2 is 2.00 bits per heavy atom. The zero-order valence-corrected chi connectivity index (χ0v) is 10.1. The number of rotatable bonds is 2. The molecule has 1 rings (SSSR count). The fourth-order valence-electron chi connectivity index (χ4n) is 2.93. The Kier molecular flexibility index (Phi) is 3.43. The predicted molar refractivity (Wildman–Crippen MR) is 59.7 cm³/mol. The monoisotopic (exact) mass is 182 g/mol. The molecular formula is C13H26. The molecule has 1 aliphatic carbocycles. The summed E-state index contributed by atoms with van der Waals surface area (Å²) in [5, 5.41) is 0. The van der Waals surface area contributed by atoms with Crippen molar-refractivity contribution in [3.63, 3.8) is 0 Å². The van der Waals surface area contributed by atoms with Gasteiger partial charge in [-0.05, 0) is 42.4 Å². The van der Waals surface area contributed by atoms with Crippen molar-refractivity contribution in [3.8, 4) is 0 Å². The van der Waals surface area contributed by atoms with Crippen molar-refractivity contribution >= 4 is 0 Å². The maximum absolute atomic E-state index is 2.49. The minimum atomic E-state index is 0.630. The fourth-order valence-corrected chi connectivity index (χ4v) is 2.93.